The first-order chi connectivity index (χ1) is 14.6. The molecule has 1 N–H and O–H groups in total. The maximum atomic E-state index is 13.6. The van der Waals surface area contributed by atoms with Crippen LogP contribution in [0.2, 0.25) is 0 Å². The Kier molecular flexibility index (Phi) is 5.40. The molecule has 1 unspecified atom stereocenters. The Morgan fingerprint density at radius 3 is 2.40 bits per heavy atom. The normalized spacial score (nSPS) is 19.1. The summed E-state index contributed by atoms with van der Waals surface area (Å²) >= 11 is 0. The Morgan fingerprint density at radius 2 is 1.70 bits per heavy atom. The zero-order chi connectivity index (χ0) is 21.1. The molecule has 4 rings (SSSR count). The fourth-order valence-corrected chi connectivity index (χ4v) is 3.49. The number of carbonyl (C=O) groups is 1. The van der Waals surface area contributed by atoms with Crippen LogP contribution < -0.4 is 5.32 Å². The van der Waals surface area contributed by atoms with Gasteiger partial charge in [-0.05, 0) is 48.4 Å². The fraction of sp³-hybridized carbons (Fsp3) is 0.0769. The molecule has 0 aliphatic carbocycles. The second-order valence-corrected chi connectivity index (χ2v) is 7.15. The predicted octanol–water partition coefficient (Wildman–Crippen LogP) is 6.04. The zero-order valence-electron chi connectivity index (χ0n) is 16.6. The van der Waals surface area contributed by atoms with E-state index in [0.717, 1.165) is 22.4 Å². The monoisotopic (exact) mass is 396 g/mol. The highest BCUT2D eigenvalue weighted by molar-refractivity contribution is 6.17. The van der Waals surface area contributed by atoms with Crippen LogP contribution in [0.5, 0.6) is 0 Å². The molecule has 148 valence electrons. The maximum absolute atomic E-state index is 13.6. The molecule has 1 atom stereocenters. The zero-order valence-corrected chi connectivity index (χ0v) is 16.6. The minimum atomic E-state index is -0.335. The highest BCUT2D eigenvalue weighted by atomic mass is 19.1. The molecule has 0 fully saturated rings. The van der Waals surface area contributed by atoms with Crippen LogP contribution in [0.1, 0.15) is 33.1 Å². The van der Waals surface area contributed by atoms with E-state index in [1.165, 1.54) is 12.1 Å². The summed E-state index contributed by atoms with van der Waals surface area (Å²) in [5.74, 6) is -0.520. The number of anilines is 1. The van der Waals surface area contributed by atoms with E-state index in [9.17, 15) is 9.18 Å². The Labute approximate surface area is 175 Å². The van der Waals surface area contributed by atoms with Crippen molar-refractivity contribution in [2.24, 2.45) is 4.99 Å². The van der Waals surface area contributed by atoms with E-state index in [0.29, 0.717) is 11.3 Å². The van der Waals surface area contributed by atoms with Crippen LogP contribution in [0.3, 0.4) is 0 Å². The fourth-order valence-electron chi connectivity index (χ4n) is 3.49. The average molecular weight is 396 g/mol. The lowest BCUT2D eigenvalue weighted by Gasteiger charge is -2.26. The topological polar surface area (TPSA) is 41.5 Å². The van der Waals surface area contributed by atoms with Gasteiger partial charge in [-0.2, -0.15) is 0 Å². The largest absolute Gasteiger partial charge is 0.372 e. The van der Waals surface area contributed by atoms with Crippen molar-refractivity contribution in [3.8, 4) is 0 Å². The number of carbonyl (C=O) groups excluding carboxylic acids is 1. The van der Waals surface area contributed by atoms with Gasteiger partial charge >= 0.3 is 0 Å². The van der Waals surface area contributed by atoms with Gasteiger partial charge in [0.05, 0.1) is 11.8 Å². The number of aryl methyl sites for hydroxylation is 1. The third-order valence-corrected chi connectivity index (χ3v) is 5.04. The highest BCUT2D eigenvalue weighted by Gasteiger charge is 2.27. The second kappa shape index (κ2) is 8.29. The lowest BCUT2D eigenvalue weighted by molar-refractivity contribution is 0.103. The van der Waals surface area contributed by atoms with E-state index in [4.69, 9.17) is 4.99 Å². The number of benzene rings is 3. The van der Waals surface area contributed by atoms with Crippen molar-refractivity contribution < 1.29 is 9.18 Å². The Hall–Kier alpha value is -3.79. The second-order valence-electron chi connectivity index (χ2n) is 7.15. The number of allylic oxidation sites excluding steroid dienone is 3. The first-order valence-electron chi connectivity index (χ1n) is 9.71. The molecule has 3 aromatic rings. The van der Waals surface area contributed by atoms with Gasteiger partial charge < -0.3 is 5.32 Å². The van der Waals surface area contributed by atoms with Crippen LogP contribution in [-0.2, 0) is 0 Å². The molecule has 0 aromatic heterocycles. The van der Waals surface area contributed by atoms with Gasteiger partial charge in [0.15, 0.2) is 0 Å². The summed E-state index contributed by atoms with van der Waals surface area (Å²) in [6.07, 6.45) is 3.16. The molecule has 0 saturated carbocycles. The van der Waals surface area contributed by atoms with E-state index in [2.05, 4.69) is 11.9 Å². The molecule has 1 aliphatic heterocycles. The summed E-state index contributed by atoms with van der Waals surface area (Å²) in [7, 11) is 0. The first-order valence-corrected chi connectivity index (χ1v) is 9.71. The highest BCUT2D eigenvalue weighted by Crippen LogP contribution is 2.31. The van der Waals surface area contributed by atoms with Gasteiger partial charge in [-0.1, -0.05) is 66.7 Å². The number of rotatable bonds is 3. The van der Waals surface area contributed by atoms with Crippen molar-refractivity contribution >= 4 is 17.2 Å². The average Bonchev–Trinajstić information content (AvgIpc) is 2.76. The van der Waals surface area contributed by atoms with Crippen LogP contribution >= 0.6 is 0 Å². The van der Waals surface area contributed by atoms with Crippen molar-refractivity contribution in [3.63, 3.8) is 0 Å². The van der Waals surface area contributed by atoms with Crippen molar-refractivity contribution in [2.75, 3.05) is 5.32 Å². The number of hydrogen-bond acceptors (Lipinski definition) is 3. The summed E-state index contributed by atoms with van der Waals surface area (Å²) in [5.41, 5.74) is 5.06. The molecular formula is C26H21FN2O. The van der Waals surface area contributed by atoms with Crippen molar-refractivity contribution in [3.05, 3.63) is 125 Å². The first kappa shape index (κ1) is 19.5. The SMILES string of the molecule is C=C/C=C1/N=C(/c2ccc(F)cc2)C(c2ccc(C)cc2)Nc2ccccc2C1=O. The third-order valence-electron chi connectivity index (χ3n) is 5.04. The molecule has 3 nitrogen and oxygen atoms in total. The maximum Gasteiger partial charge on any atom is 0.213 e. The van der Waals surface area contributed by atoms with Gasteiger partial charge in [0.1, 0.15) is 11.5 Å². The third kappa shape index (κ3) is 3.85. The van der Waals surface area contributed by atoms with E-state index in [-0.39, 0.29) is 23.3 Å². The number of para-hydroxylation sites is 1. The van der Waals surface area contributed by atoms with Gasteiger partial charge in [0.2, 0.25) is 5.78 Å². The van der Waals surface area contributed by atoms with Gasteiger partial charge in [-0.25, -0.2) is 9.38 Å². The molecule has 0 spiro atoms. The standard InChI is InChI=1S/C26H21FN2O/c1-3-6-23-26(30)21-7-4-5-8-22(21)28-24(18-11-9-17(2)10-12-18)25(29-23)19-13-15-20(27)16-14-19/h3-16,24,28H,1H2,2H3/b23-6+,29-25-. The van der Waals surface area contributed by atoms with Gasteiger partial charge in [0, 0.05) is 11.3 Å². The van der Waals surface area contributed by atoms with Crippen LogP contribution in [0.4, 0.5) is 10.1 Å². The molecular weight excluding hydrogens is 375 g/mol. The minimum Gasteiger partial charge on any atom is -0.372 e. The number of nitrogens with one attached hydrogen (secondary N) is 1. The van der Waals surface area contributed by atoms with E-state index in [1.54, 1.807) is 30.4 Å². The molecule has 0 radical (unpaired) electrons. The smallest absolute Gasteiger partial charge is 0.213 e. The molecule has 3 aromatic carbocycles. The van der Waals surface area contributed by atoms with E-state index < -0.39 is 0 Å². The Bertz CT molecular complexity index is 1160. The Morgan fingerprint density at radius 1 is 1.00 bits per heavy atom. The van der Waals surface area contributed by atoms with Crippen LogP contribution in [0, 0.1) is 12.7 Å². The summed E-state index contributed by atoms with van der Waals surface area (Å²) in [6.45, 7) is 5.76. The van der Waals surface area contributed by atoms with Crippen molar-refractivity contribution in [1.29, 1.82) is 0 Å². The molecule has 0 amide bonds. The molecule has 0 bridgehead atoms. The van der Waals surface area contributed by atoms with Crippen molar-refractivity contribution in [1.82, 2.24) is 0 Å². The molecule has 1 heterocycles. The number of ketones is 1. The summed E-state index contributed by atoms with van der Waals surface area (Å²) in [6, 6.07) is 21.4. The molecule has 1 aliphatic rings. The predicted molar refractivity (Wildman–Crippen MR) is 120 cm³/mol. The number of nitrogens with zero attached hydrogens (tertiary/aromatic N) is 1. The summed E-state index contributed by atoms with van der Waals surface area (Å²) < 4.78 is 13.6. The summed E-state index contributed by atoms with van der Waals surface area (Å²) in [4.78, 5) is 17.9. The lowest BCUT2D eigenvalue weighted by atomic mass is 9.93. The quantitative estimate of drug-likeness (QED) is 0.548. The van der Waals surface area contributed by atoms with E-state index >= 15 is 0 Å². The lowest BCUT2D eigenvalue weighted by Crippen LogP contribution is -2.26. The number of aliphatic imine (C=N–C) groups is 1. The Balaban J connectivity index is 1.97. The number of fused-ring (bicyclic) bond motifs is 1. The number of Topliss-reactive ketones (excluding diaryl/α,β-unsaturated/α-hetero) is 1. The van der Waals surface area contributed by atoms with E-state index in [1.807, 2.05) is 49.4 Å². The van der Waals surface area contributed by atoms with Gasteiger partial charge in [0.25, 0.3) is 0 Å². The number of hydrogen-bond donors (Lipinski definition) is 1. The van der Waals surface area contributed by atoms with Crippen LogP contribution in [0.25, 0.3) is 0 Å². The minimum absolute atomic E-state index is 0.194. The van der Waals surface area contributed by atoms with Crippen molar-refractivity contribution in [2.45, 2.75) is 13.0 Å². The van der Waals surface area contributed by atoms with Crippen LogP contribution in [0.15, 0.2) is 102 Å². The summed E-state index contributed by atoms with van der Waals surface area (Å²) in [5, 5.41) is 3.49. The number of halogens is 1. The van der Waals surface area contributed by atoms with Gasteiger partial charge in [-0.15, -0.1) is 0 Å². The molecule has 0 saturated heterocycles. The molecule has 30 heavy (non-hydrogen) atoms. The molecule has 4 heteroatoms. The van der Waals surface area contributed by atoms with Gasteiger partial charge in [-0.3, -0.25) is 4.79 Å². The van der Waals surface area contributed by atoms with Crippen LogP contribution in [-0.4, -0.2) is 11.5 Å².